The summed E-state index contributed by atoms with van der Waals surface area (Å²) in [7, 11) is 0. The minimum atomic E-state index is 0.682. The molecule has 0 aliphatic heterocycles. The summed E-state index contributed by atoms with van der Waals surface area (Å²) in [5.74, 6) is 0.682. The Morgan fingerprint density at radius 2 is 1.52 bits per heavy atom. The second kappa shape index (κ2) is 4.87. The molecule has 21 heavy (non-hydrogen) atoms. The number of furan rings is 1. The lowest BCUT2D eigenvalue weighted by molar-refractivity contribution is 0.568. The first-order valence-corrected chi connectivity index (χ1v) is 6.76. The monoisotopic (exact) mass is 272 g/mol. The summed E-state index contributed by atoms with van der Waals surface area (Å²) >= 11 is 0. The molecule has 0 unspecified atom stereocenters. The van der Waals surface area contributed by atoms with Gasteiger partial charge >= 0.3 is 0 Å². The fraction of sp³-hybridized carbons (Fsp3) is 0. The maximum atomic E-state index is 5.15. The lowest BCUT2D eigenvalue weighted by atomic mass is 10.1. The third-order valence-electron chi connectivity index (χ3n) is 3.43. The van der Waals surface area contributed by atoms with Gasteiger partial charge in [0.1, 0.15) is 6.26 Å². The highest BCUT2D eigenvalue weighted by Gasteiger charge is 2.11. The van der Waals surface area contributed by atoms with Crippen molar-refractivity contribution in [2.24, 2.45) is 0 Å². The molecule has 0 atom stereocenters. The van der Waals surface area contributed by atoms with Gasteiger partial charge in [0.15, 0.2) is 5.82 Å². The molecule has 3 nitrogen and oxygen atoms in total. The van der Waals surface area contributed by atoms with E-state index < -0.39 is 0 Å². The van der Waals surface area contributed by atoms with E-state index in [1.807, 2.05) is 42.5 Å². The Labute approximate surface area is 121 Å². The molecule has 4 rings (SSSR count). The van der Waals surface area contributed by atoms with E-state index in [9.17, 15) is 0 Å². The SMILES string of the molecule is c1ccc(-c2nc(-c3ccoc3)nc3ccccc23)cc1. The van der Waals surface area contributed by atoms with Gasteiger partial charge in [-0.15, -0.1) is 0 Å². The van der Waals surface area contributed by atoms with E-state index in [0.29, 0.717) is 5.82 Å². The van der Waals surface area contributed by atoms with Gasteiger partial charge in [-0.3, -0.25) is 0 Å². The van der Waals surface area contributed by atoms with Gasteiger partial charge in [0.05, 0.1) is 23.0 Å². The fourth-order valence-electron chi connectivity index (χ4n) is 2.41. The lowest BCUT2D eigenvalue weighted by Crippen LogP contribution is -1.94. The van der Waals surface area contributed by atoms with Crippen molar-refractivity contribution in [2.45, 2.75) is 0 Å². The topological polar surface area (TPSA) is 38.9 Å². The molecular formula is C18H12N2O. The number of aromatic nitrogens is 2. The second-order valence-electron chi connectivity index (χ2n) is 4.79. The Balaban J connectivity index is 2.04. The Bertz CT molecular complexity index is 884. The zero-order chi connectivity index (χ0) is 14.1. The van der Waals surface area contributed by atoms with E-state index >= 15 is 0 Å². The number of nitrogens with zero attached hydrogens (tertiary/aromatic N) is 2. The molecule has 0 saturated carbocycles. The quantitative estimate of drug-likeness (QED) is 0.537. The third-order valence-corrected chi connectivity index (χ3v) is 3.43. The highest BCUT2D eigenvalue weighted by molar-refractivity contribution is 5.93. The fourth-order valence-corrected chi connectivity index (χ4v) is 2.41. The van der Waals surface area contributed by atoms with Crippen molar-refractivity contribution in [3.63, 3.8) is 0 Å². The van der Waals surface area contributed by atoms with Gasteiger partial charge in [-0.1, -0.05) is 48.5 Å². The normalized spacial score (nSPS) is 10.9. The zero-order valence-corrected chi connectivity index (χ0v) is 11.2. The molecular weight excluding hydrogens is 260 g/mol. The van der Waals surface area contributed by atoms with Crippen molar-refractivity contribution in [1.29, 1.82) is 0 Å². The minimum absolute atomic E-state index is 0.682. The van der Waals surface area contributed by atoms with Crippen LogP contribution in [0.5, 0.6) is 0 Å². The van der Waals surface area contributed by atoms with Gasteiger partial charge < -0.3 is 4.42 Å². The summed E-state index contributed by atoms with van der Waals surface area (Å²) in [5, 5.41) is 1.05. The predicted molar refractivity (Wildman–Crippen MR) is 82.7 cm³/mol. The maximum Gasteiger partial charge on any atom is 0.163 e. The molecule has 0 fully saturated rings. The molecule has 0 aliphatic carbocycles. The number of hydrogen-bond acceptors (Lipinski definition) is 3. The molecule has 100 valence electrons. The second-order valence-corrected chi connectivity index (χ2v) is 4.79. The summed E-state index contributed by atoms with van der Waals surface area (Å²) in [6.45, 7) is 0. The largest absolute Gasteiger partial charge is 0.472 e. The first-order chi connectivity index (χ1) is 10.4. The number of hydrogen-bond donors (Lipinski definition) is 0. The van der Waals surface area contributed by atoms with Gasteiger partial charge in [0.2, 0.25) is 0 Å². The average Bonchev–Trinajstić information content (AvgIpc) is 3.09. The number of benzene rings is 2. The molecule has 0 spiro atoms. The van der Waals surface area contributed by atoms with E-state index in [2.05, 4.69) is 23.2 Å². The summed E-state index contributed by atoms with van der Waals surface area (Å²) in [6.07, 6.45) is 3.30. The van der Waals surface area contributed by atoms with Crippen molar-refractivity contribution in [2.75, 3.05) is 0 Å². The van der Waals surface area contributed by atoms with Gasteiger partial charge in [0.25, 0.3) is 0 Å². The van der Waals surface area contributed by atoms with Crippen LogP contribution in [0.4, 0.5) is 0 Å². The van der Waals surface area contributed by atoms with E-state index in [1.54, 1.807) is 12.5 Å². The van der Waals surface area contributed by atoms with E-state index in [0.717, 1.165) is 27.7 Å². The van der Waals surface area contributed by atoms with Crippen LogP contribution in [-0.2, 0) is 0 Å². The first-order valence-electron chi connectivity index (χ1n) is 6.76. The Kier molecular flexibility index (Phi) is 2.75. The Morgan fingerprint density at radius 1 is 0.714 bits per heavy atom. The van der Waals surface area contributed by atoms with Crippen LogP contribution in [0.15, 0.2) is 77.6 Å². The number of fused-ring (bicyclic) bond motifs is 1. The summed E-state index contributed by atoms with van der Waals surface area (Å²) in [6, 6.07) is 20.1. The van der Waals surface area contributed by atoms with E-state index in [1.165, 1.54) is 0 Å². The third kappa shape index (κ3) is 2.09. The van der Waals surface area contributed by atoms with Crippen LogP contribution in [0, 0.1) is 0 Å². The molecule has 0 aliphatic rings. The molecule has 2 aromatic heterocycles. The summed E-state index contributed by atoms with van der Waals surface area (Å²) in [4.78, 5) is 9.38. The van der Waals surface area contributed by atoms with E-state index in [4.69, 9.17) is 9.40 Å². The summed E-state index contributed by atoms with van der Waals surface area (Å²) < 4.78 is 5.15. The van der Waals surface area contributed by atoms with Crippen LogP contribution in [-0.4, -0.2) is 9.97 Å². The van der Waals surface area contributed by atoms with Gasteiger partial charge in [-0.25, -0.2) is 9.97 Å². The van der Waals surface area contributed by atoms with Crippen LogP contribution in [0.2, 0.25) is 0 Å². The Morgan fingerprint density at radius 3 is 2.33 bits per heavy atom. The predicted octanol–water partition coefficient (Wildman–Crippen LogP) is 4.56. The van der Waals surface area contributed by atoms with Gasteiger partial charge in [-0.2, -0.15) is 0 Å². The lowest BCUT2D eigenvalue weighted by Gasteiger charge is -2.08. The van der Waals surface area contributed by atoms with E-state index in [-0.39, 0.29) is 0 Å². The minimum Gasteiger partial charge on any atom is -0.472 e. The van der Waals surface area contributed by atoms with Crippen molar-refractivity contribution in [3.05, 3.63) is 73.2 Å². The van der Waals surface area contributed by atoms with Crippen molar-refractivity contribution in [3.8, 4) is 22.6 Å². The average molecular weight is 272 g/mol. The maximum absolute atomic E-state index is 5.15. The van der Waals surface area contributed by atoms with Crippen molar-refractivity contribution >= 4 is 10.9 Å². The molecule has 2 aromatic carbocycles. The van der Waals surface area contributed by atoms with Crippen molar-refractivity contribution in [1.82, 2.24) is 9.97 Å². The smallest absolute Gasteiger partial charge is 0.163 e. The van der Waals surface area contributed by atoms with Gasteiger partial charge in [0, 0.05) is 10.9 Å². The van der Waals surface area contributed by atoms with Gasteiger partial charge in [-0.05, 0) is 12.1 Å². The summed E-state index contributed by atoms with van der Waals surface area (Å²) in [5.41, 5.74) is 3.85. The molecule has 0 N–H and O–H groups in total. The molecule has 0 bridgehead atoms. The van der Waals surface area contributed by atoms with Crippen LogP contribution >= 0.6 is 0 Å². The standard InChI is InChI=1S/C18H12N2O/c1-2-6-13(7-3-1)17-15-8-4-5-9-16(15)19-18(20-17)14-10-11-21-12-14/h1-12H. The highest BCUT2D eigenvalue weighted by atomic mass is 16.3. The molecule has 4 aromatic rings. The molecule has 3 heteroatoms. The molecule has 2 heterocycles. The van der Waals surface area contributed by atoms with Crippen LogP contribution < -0.4 is 0 Å². The number of rotatable bonds is 2. The van der Waals surface area contributed by atoms with Crippen LogP contribution in [0.25, 0.3) is 33.5 Å². The van der Waals surface area contributed by atoms with Crippen LogP contribution in [0.1, 0.15) is 0 Å². The molecule has 0 amide bonds. The number of para-hydroxylation sites is 1. The molecule has 0 radical (unpaired) electrons. The first kappa shape index (κ1) is 11.9. The van der Waals surface area contributed by atoms with Crippen LogP contribution in [0.3, 0.4) is 0 Å². The Hall–Kier alpha value is -2.94. The highest BCUT2D eigenvalue weighted by Crippen LogP contribution is 2.28. The van der Waals surface area contributed by atoms with Crippen molar-refractivity contribution < 1.29 is 4.42 Å². The molecule has 0 saturated heterocycles. The zero-order valence-electron chi connectivity index (χ0n) is 11.2.